The first-order valence-electron chi connectivity index (χ1n) is 8.32. The van der Waals surface area contributed by atoms with Crippen LogP contribution in [0.5, 0.6) is 0 Å². The van der Waals surface area contributed by atoms with Gasteiger partial charge in [-0.05, 0) is 43.6 Å². The van der Waals surface area contributed by atoms with Crippen molar-refractivity contribution in [2.45, 2.75) is 52.5 Å². The Hall–Kier alpha value is -0.260. The van der Waals surface area contributed by atoms with Crippen LogP contribution in [0.15, 0.2) is 0 Å². The molecule has 0 amide bonds. The molecule has 0 bridgehead atoms. The number of halogens is 2. The van der Waals surface area contributed by atoms with Crippen LogP contribution in [0.25, 0.3) is 0 Å². The Balaban J connectivity index is 2.65. The number of rotatable bonds is 9. The quantitative estimate of drug-likeness (QED) is 0.687. The highest BCUT2D eigenvalue weighted by Gasteiger charge is 2.32. The maximum Gasteiger partial charge on any atom is 0.251 e. The fourth-order valence-electron chi connectivity index (χ4n) is 3.56. The fourth-order valence-corrected chi connectivity index (χ4v) is 3.56. The van der Waals surface area contributed by atoms with Crippen molar-refractivity contribution in [3.8, 4) is 0 Å². The zero-order valence-corrected chi connectivity index (χ0v) is 13.7. The van der Waals surface area contributed by atoms with Crippen LogP contribution in [0.4, 0.5) is 8.78 Å². The van der Waals surface area contributed by atoms with Crippen LogP contribution in [0.3, 0.4) is 0 Å². The lowest BCUT2D eigenvalue weighted by Gasteiger charge is -2.40. The Kier molecular flexibility index (Phi) is 8.67. The van der Waals surface area contributed by atoms with E-state index in [0.717, 1.165) is 19.4 Å². The van der Waals surface area contributed by atoms with Gasteiger partial charge in [-0.15, -0.1) is 0 Å². The number of hydrogen-bond donors (Lipinski definition) is 2. The van der Waals surface area contributed by atoms with Gasteiger partial charge in [-0.1, -0.05) is 20.8 Å². The van der Waals surface area contributed by atoms with Crippen LogP contribution < -0.4 is 5.32 Å². The van der Waals surface area contributed by atoms with Crippen molar-refractivity contribution in [3.63, 3.8) is 0 Å². The van der Waals surface area contributed by atoms with Crippen molar-refractivity contribution in [1.82, 2.24) is 10.2 Å². The number of hydrogen-bond acceptors (Lipinski definition) is 3. The third-order valence-corrected chi connectivity index (χ3v) is 4.74. The smallest absolute Gasteiger partial charge is 0.251 e. The molecule has 5 heteroatoms. The van der Waals surface area contributed by atoms with Gasteiger partial charge >= 0.3 is 0 Å². The molecule has 0 saturated heterocycles. The van der Waals surface area contributed by atoms with Gasteiger partial charge in [-0.3, -0.25) is 4.90 Å². The first-order valence-corrected chi connectivity index (χ1v) is 8.32. The van der Waals surface area contributed by atoms with Crippen LogP contribution in [0.1, 0.15) is 40.0 Å². The first-order chi connectivity index (χ1) is 9.97. The summed E-state index contributed by atoms with van der Waals surface area (Å²) in [6, 6.07) is 0.420. The van der Waals surface area contributed by atoms with Crippen molar-refractivity contribution in [1.29, 1.82) is 0 Å². The summed E-state index contributed by atoms with van der Waals surface area (Å²) in [5, 5.41) is 12.6. The van der Waals surface area contributed by atoms with Gasteiger partial charge in [0.25, 0.3) is 6.43 Å². The van der Waals surface area contributed by atoms with Crippen LogP contribution in [-0.4, -0.2) is 55.3 Å². The highest BCUT2D eigenvalue weighted by Crippen LogP contribution is 2.34. The summed E-state index contributed by atoms with van der Waals surface area (Å²) in [7, 11) is 0. The van der Waals surface area contributed by atoms with Crippen molar-refractivity contribution in [2.75, 3.05) is 32.8 Å². The lowest BCUT2D eigenvalue weighted by atomic mass is 9.73. The molecule has 21 heavy (non-hydrogen) atoms. The molecule has 0 radical (unpaired) electrons. The van der Waals surface area contributed by atoms with Crippen LogP contribution in [-0.2, 0) is 0 Å². The molecule has 3 atom stereocenters. The van der Waals surface area contributed by atoms with Gasteiger partial charge < -0.3 is 10.4 Å². The molecule has 0 aliphatic heterocycles. The predicted molar refractivity (Wildman–Crippen MR) is 82.7 cm³/mol. The second-order valence-corrected chi connectivity index (χ2v) is 6.62. The number of alkyl halides is 2. The normalized spacial score (nSPS) is 27.0. The van der Waals surface area contributed by atoms with E-state index in [1.807, 2.05) is 0 Å². The van der Waals surface area contributed by atoms with Crippen LogP contribution in [0, 0.1) is 17.8 Å². The maximum atomic E-state index is 12.7. The van der Waals surface area contributed by atoms with Crippen molar-refractivity contribution in [2.24, 2.45) is 17.8 Å². The molecule has 2 N–H and O–H groups in total. The summed E-state index contributed by atoms with van der Waals surface area (Å²) in [5.74, 6) is 1.74. The highest BCUT2D eigenvalue weighted by atomic mass is 19.3. The summed E-state index contributed by atoms with van der Waals surface area (Å²) in [4.78, 5) is 1.72. The zero-order chi connectivity index (χ0) is 15.8. The van der Waals surface area contributed by atoms with Crippen LogP contribution >= 0.6 is 0 Å². The van der Waals surface area contributed by atoms with Gasteiger partial charge in [0.15, 0.2) is 0 Å². The van der Waals surface area contributed by atoms with E-state index in [9.17, 15) is 8.78 Å². The fraction of sp³-hybridized carbons (Fsp3) is 1.00. The van der Waals surface area contributed by atoms with E-state index in [4.69, 9.17) is 5.11 Å². The molecular weight excluding hydrogens is 274 g/mol. The average Bonchev–Trinajstić information content (AvgIpc) is 2.40. The Morgan fingerprint density at radius 1 is 1.29 bits per heavy atom. The van der Waals surface area contributed by atoms with Gasteiger partial charge in [-0.2, -0.15) is 0 Å². The largest absolute Gasteiger partial charge is 0.395 e. The molecule has 1 aliphatic carbocycles. The van der Waals surface area contributed by atoms with Crippen molar-refractivity contribution >= 4 is 0 Å². The predicted octanol–water partition coefficient (Wildman–Crippen LogP) is 2.60. The second-order valence-electron chi connectivity index (χ2n) is 6.62. The molecule has 0 aromatic heterocycles. The Morgan fingerprint density at radius 3 is 2.52 bits per heavy atom. The topological polar surface area (TPSA) is 35.5 Å². The van der Waals surface area contributed by atoms with Crippen molar-refractivity contribution in [3.05, 3.63) is 0 Å². The van der Waals surface area contributed by atoms with E-state index in [2.05, 4.69) is 26.1 Å². The molecule has 1 aliphatic rings. The number of aliphatic hydroxyl groups excluding tert-OH is 1. The van der Waals surface area contributed by atoms with E-state index in [-0.39, 0.29) is 13.2 Å². The summed E-state index contributed by atoms with van der Waals surface area (Å²) >= 11 is 0. The lowest BCUT2D eigenvalue weighted by molar-refractivity contribution is 0.0526. The molecule has 1 fully saturated rings. The number of aliphatic hydroxyl groups is 1. The molecule has 3 unspecified atom stereocenters. The summed E-state index contributed by atoms with van der Waals surface area (Å²) in [6.07, 6.45) is 1.11. The minimum absolute atomic E-state index is 0.0566. The molecule has 0 heterocycles. The van der Waals surface area contributed by atoms with E-state index in [0.29, 0.717) is 36.9 Å². The molecule has 1 rings (SSSR count). The molecule has 3 nitrogen and oxygen atoms in total. The molecule has 1 saturated carbocycles. The Labute approximate surface area is 128 Å². The summed E-state index contributed by atoms with van der Waals surface area (Å²) < 4.78 is 25.3. The lowest BCUT2D eigenvalue weighted by Crippen LogP contribution is -2.47. The van der Waals surface area contributed by atoms with Gasteiger partial charge in [0.2, 0.25) is 0 Å². The third-order valence-electron chi connectivity index (χ3n) is 4.74. The van der Waals surface area contributed by atoms with Gasteiger partial charge in [0.05, 0.1) is 13.2 Å². The van der Waals surface area contributed by atoms with E-state index in [1.165, 1.54) is 6.42 Å². The van der Waals surface area contributed by atoms with Gasteiger partial charge in [-0.25, -0.2) is 8.78 Å². The monoisotopic (exact) mass is 306 g/mol. The molecular formula is C16H32F2N2O. The molecule has 0 spiro atoms. The standard InChI is InChI=1S/C16H32F2N2O/c1-4-19-15-6-5-13(12(2)3)9-14(15)10-20(7-8-21)11-16(17)18/h12-16,19,21H,4-11H2,1-3H3. The molecule has 126 valence electrons. The minimum atomic E-state index is -2.33. The van der Waals surface area contributed by atoms with Crippen molar-refractivity contribution < 1.29 is 13.9 Å². The number of nitrogens with one attached hydrogen (secondary N) is 1. The van der Waals surface area contributed by atoms with E-state index < -0.39 is 6.43 Å². The van der Waals surface area contributed by atoms with E-state index in [1.54, 1.807) is 4.90 Å². The number of nitrogens with zero attached hydrogens (tertiary/aromatic N) is 1. The van der Waals surface area contributed by atoms with Gasteiger partial charge in [0.1, 0.15) is 0 Å². The second kappa shape index (κ2) is 9.70. The SMILES string of the molecule is CCNC1CCC(C(C)C)CC1CN(CCO)CC(F)F. The zero-order valence-electron chi connectivity index (χ0n) is 13.7. The first kappa shape index (κ1) is 18.8. The average molecular weight is 306 g/mol. The Morgan fingerprint density at radius 2 is 2.00 bits per heavy atom. The Bertz CT molecular complexity index is 277. The van der Waals surface area contributed by atoms with Gasteiger partial charge in [0, 0.05) is 19.1 Å². The summed E-state index contributed by atoms with van der Waals surface area (Å²) in [5.41, 5.74) is 0. The van der Waals surface area contributed by atoms with E-state index >= 15 is 0 Å². The third kappa shape index (κ3) is 6.57. The van der Waals surface area contributed by atoms with Crippen LogP contribution in [0.2, 0.25) is 0 Å². The highest BCUT2D eigenvalue weighted by molar-refractivity contribution is 4.87. The maximum absolute atomic E-state index is 12.7. The minimum Gasteiger partial charge on any atom is -0.395 e. The molecule has 0 aromatic carbocycles. The summed E-state index contributed by atoms with van der Waals surface area (Å²) in [6.45, 7) is 8.22. The molecule has 0 aromatic rings.